The van der Waals surface area contributed by atoms with Crippen LogP contribution in [0.4, 0.5) is 0 Å². The molecule has 0 atom stereocenters. The fourth-order valence-electron chi connectivity index (χ4n) is 2.04. The Bertz CT molecular complexity index is 768. The first-order valence-electron chi connectivity index (χ1n) is 7.94. The molecule has 0 saturated carbocycles. The maximum absolute atomic E-state index is 12.1. The Morgan fingerprint density at radius 3 is 1.88 bits per heavy atom. The summed E-state index contributed by atoms with van der Waals surface area (Å²) in [6.45, 7) is 1.79. The molecule has 0 saturated heterocycles. The number of primary amides is 1. The van der Waals surface area contributed by atoms with Crippen molar-refractivity contribution in [3.05, 3.63) is 59.7 Å². The minimum atomic E-state index is -0.634. The second kappa shape index (κ2) is 9.22. The molecular weight excluding hydrogens is 338 g/mol. The third kappa shape index (κ3) is 5.62. The summed E-state index contributed by atoms with van der Waals surface area (Å²) < 4.78 is 15.4. The van der Waals surface area contributed by atoms with Crippen molar-refractivity contribution in [1.29, 1.82) is 0 Å². The van der Waals surface area contributed by atoms with Crippen LogP contribution in [-0.2, 0) is 9.53 Å². The van der Waals surface area contributed by atoms with Gasteiger partial charge in [-0.05, 0) is 55.5 Å². The summed E-state index contributed by atoms with van der Waals surface area (Å²) in [5.74, 6) is -0.486. The van der Waals surface area contributed by atoms with E-state index >= 15 is 0 Å². The molecule has 2 rings (SSSR count). The zero-order valence-electron chi connectivity index (χ0n) is 14.3. The van der Waals surface area contributed by atoms with Crippen molar-refractivity contribution in [2.75, 3.05) is 19.8 Å². The molecule has 0 spiro atoms. The van der Waals surface area contributed by atoms with Crippen LogP contribution in [0.3, 0.4) is 0 Å². The molecule has 2 N–H and O–H groups in total. The molecule has 0 aromatic heterocycles. The van der Waals surface area contributed by atoms with E-state index < -0.39 is 11.9 Å². The van der Waals surface area contributed by atoms with Gasteiger partial charge in [0.25, 0.3) is 5.91 Å². The number of hydrogen-bond acceptors (Lipinski definition) is 6. The summed E-state index contributed by atoms with van der Waals surface area (Å²) in [5.41, 5.74) is 5.67. The fraction of sp³-hybridized carbons (Fsp3) is 0.211. The Kier molecular flexibility index (Phi) is 6.73. The maximum Gasteiger partial charge on any atom is 0.338 e. The van der Waals surface area contributed by atoms with E-state index in [1.54, 1.807) is 24.3 Å². The second-order valence-electron chi connectivity index (χ2n) is 5.24. The normalized spacial score (nSPS) is 10.0. The number of carbonyl (C=O) groups excluding carboxylic acids is 3. The number of hydrogen-bond donors (Lipinski definition) is 1. The summed E-state index contributed by atoms with van der Waals surface area (Å²) in [6, 6.07) is 12.6. The lowest BCUT2D eigenvalue weighted by molar-refractivity contribution is -0.119. The highest BCUT2D eigenvalue weighted by atomic mass is 16.5. The van der Waals surface area contributed by atoms with Crippen LogP contribution >= 0.6 is 0 Å². The molecule has 136 valence electrons. The van der Waals surface area contributed by atoms with Gasteiger partial charge in [-0.2, -0.15) is 0 Å². The van der Waals surface area contributed by atoms with Crippen molar-refractivity contribution >= 4 is 17.7 Å². The molecule has 0 unspecified atom stereocenters. The van der Waals surface area contributed by atoms with Crippen LogP contribution in [0.2, 0.25) is 0 Å². The zero-order chi connectivity index (χ0) is 18.9. The number of carbonyl (C=O) groups is 3. The molecule has 0 aliphatic heterocycles. The Hall–Kier alpha value is -3.35. The van der Waals surface area contributed by atoms with E-state index in [-0.39, 0.29) is 24.6 Å². The highest BCUT2D eigenvalue weighted by Crippen LogP contribution is 2.14. The first-order valence-corrected chi connectivity index (χ1v) is 7.94. The largest absolute Gasteiger partial charge is 0.494 e. The van der Waals surface area contributed by atoms with Gasteiger partial charge in [0.1, 0.15) is 11.5 Å². The van der Waals surface area contributed by atoms with Gasteiger partial charge in [-0.15, -0.1) is 0 Å². The van der Waals surface area contributed by atoms with E-state index in [2.05, 4.69) is 0 Å². The Labute approximate surface area is 150 Å². The first kappa shape index (κ1) is 19.0. The number of amides is 1. The third-order valence-corrected chi connectivity index (χ3v) is 3.29. The quantitative estimate of drug-likeness (QED) is 0.543. The Morgan fingerprint density at radius 1 is 0.808 bits per heavy atom. The van der Waals surface area contributed by atoms with Crippen LogP contribution in [0.25, 0.3) is 0 Å². The summed E-state index contributed by atoms with van der Waals surface area (Å²) in [5, 5.41) is 0. The van der Waals surface area contributed by atoms with Crippen molar-refractivity contribution in [3.8, 4) is 11.5 Å². The number of ether oxygens (including phenoxy) is 3. The molecule has 2 aromatic rings. The van der Waals surface area contributed by atoms with Crippen molar-refractivity contribution < 1.29 is 28.6 Å². The fourth-order valence-corrected chi connectivity index (χ4v) is 2.04. The molecule has 0 aliphatic rings. The van der Waals surface area contributed by atoms with Crippen molar-refractivity contribution in [2.45, 2.75) is 6.92 Å². The molecular formula is C19H19NO6. The highest BCUT2D eigenvalue weighted by Gasteiger charge is 2.12. The lowest BCUT2D eigenvalue weighted by atomic mass is 10.1. The minimum Gasteiger partial charge on any atom is -0.494 e. The average molecular weight is 357 g/mol. The van der Waals surface area contributed by atoms with Crippen LogP contribution < -0.4 is 15.2 Å². The van der Waals surface area contributed by atoms with Gasteiger partial charge >= 0.3 is 5.97 Å². The summed E-state index contributed by atoms with van der Waals surface area (Å²) >= 11 is 0. The lowest BCUT2D eigenvalue weighted by Gasteiger charge is -2.07. The van der Waals surface area contributed by atoms with Gasteiger partial charge in [-0.25, -0.2) is 4.79 Å². The summed E-state index contributed by atoms with van der Waals surface area (Å²) in [7, 11) is 0. The summed E-state index contributed by atoms with van der Waals surface area (Å²) in [4.78, 5) is 34.7. The van der Waals surface area contributed by atoms with Crippen molar-refractivity contribution in [2.24, 2.45) is 5.73 Å². The van der Waals surface area contributed by atoms with Gasteiger partial charge in [-0.3, -0.25) is 9.59 Å². The number of benzene rings is 2. The van der Waals surface area contributed by atoms with Gasteiger partial charge in [0, 0.05) is 5.56 Å². The molecule has 0 bridgehead atoms. The minimum absolute atomic E-state index is 0.250. The molecule has 0 radical (unpaired) electrons. The molecule has 2 aromatic carbocycles. The van der Waals surface area contributed by atoms with Crippen LogP contribution in [0.5, 0.6) is 11.5 Å². The van der Waals surface area contributed by atoms with Gasteiger partial charge in [0.2, 0.25) is 0 Å². The number of Topliss-reactive ketones (excluding diaryl/α,β-unsaturated/α-hetero) is 1. The predicted molar refractivity (Wildman–Crippen MR) is 93.4 cm³/mol. The first-order chi connectivity index (χ1) is 12.5. The van der Waals surface area contributed by atoms with Gasteiger partial charge in [0.15, 0.2) is 19.0 Å². The number of ketones is 1. The Balaban J connectivity index is 1.87. The molecule has 0 aliphatic carbocycles. The van der Waals surface area contributed by atoms with E-state index in [9.17, 15) is 14.4 Å². The molecule has 7 nitrogen and oxygen atoms in total. The predicted octanol–water partition coefficient (Wildman–Crippen LogP) is 1.99. The van der Waals surface area contributed by atoms with E-state index in [1.165, 1.54) is 24.3 Å². The lowest BCUT2D eigenvalue weighted by Crippen LogP contribution is -2.20. The molecule has 1 amide bonds. The van der Waals surface area contributed by atoms with Gasteiger partial charge in [-0.1, -0.05) is 0 Å². The van der Waals surface area contributed by atoms with E-state index in [0.29, 0.717) is 23.7 Å². The van der Waals surface area contributed by atoms with E-state index in [4.69, 9.17) is 19.9 Å². The van der Waals surface area contributed by atoms with Crippen LogP contribution in [0.15, 0.2) is 48.5 Å². The van der Waals surface area contributed by atoms with Gasteiger partial charge < -0.3 is 19.9 Å². The van der Waals surface area contributed by atoms with Gasteiger partial charge in [0.05, 0.1) is 12.2 Å². The molecule has 0 heterocycles. The SMILES string of the molecule is CCOc1ccc(C(=O)COC(=O)c2ccc(OCC(N)=O)cc2)cc1. The molecule has 26 heavy (non-hydrogen) atoms. The maximum atomic E-state index is 12.1. The molecule has 7 heteroatoms. The smallest absolute Gasteiger partial charge is 0.338 e. The summed E-state index contributed by atoms with van der Waals surface area (Å²) in [6.07, 6.45) is 0. The number of nitrogens with two attached hydrogens (primary N) is 1. The monoisotopic (exact) mass is 357 g/mol. The second-order valence-corrected chi connectivity index (χ2v) is 5.24. The molecule has 0 fully saturated rings. The average Bonchev–Trinajstić information content (AvgIpc) is 2.65. The van der Waals surface area contributed by atoms with Crippen LogP contribution in [-0.4, -0.2) is 37.5 Å². The van der Waals surface area contributed by atoms with Crippen molar-refractivity contribution in [3.63, 3.8) is 0 Å². The Morgan fingerprint density at radius 2 is 1.35 bits per heavy atom. The van der Waals surface area contributed by atoms with Crippen LogP contribution in [0.1, 0.15) is 27.6 Å². The third-order valence-electron chi connectivity index (χ3n) is 3.29. The number of rotatable bonds is 9. The topological polar surface area (TPSA) is 105 Å². The number of esters is 1. The van der Waals surface area contributed by atoms with E-state index in [1.807, 2.05) is 6.92 Å². The van der Waals surface area contributed by atoms with Crippen molar-refractivity contribution in [1.82, 2.24) is 0 Å². The van der Waals surface area contributed by atoms with E-state index in [0.717, 1.165) is 0 Å². The van der Waals surface area contributed by atoms with Crippen LogP contribution in [0, 0.1) is 0 Å². The zero-order valence-corrected chi connectivity index (χ0v) is 14.3. The standard InChI is InChI=1S/C19H19NO6/c1-2-24-15-7-3-13(4-8-15)17(21)11-26-19(23)14-5-9-16(10-6-14)25-12-18(20)22/h3-10H,2,11-12H2,1H3,(H2,20,22). The highest BCUT2D eigenvalue weighted by molar-refractivity contribution is 5.99.